The summed E-state index contributed by atoms with van der Waals surface area (Å²) in [7, 11) is -9.73. The van der Waals surface area contributed by atoms with E-state index in [4.69, 9.17) is 0 Å². The molecule has 0 N–H and O–H groups in total. The fourth-order valence-corrected chi connectivity index (χ4v) is 48.3. The van der Waals surface area contributed by atoms with Gasteiger partial charge in [0.2, 0.25) is 0 Å². The van der Waals surface area contributed by atoms with E-state index < -0.39 is 32.3 Å². The monoisotopic (exact) mass is 825 g/mol. The number of benzene rings is 2. The highest BCUT2D eigenvalue weighted by atomic mass is 28.3. The van der Waals surface area contributed by atoms with E-state index in [1.165, 1.54) is 0 Å². The first-order chi connectivity index (χ1) is 26.5. The maximum Gasteiger partial charge on any atom is 0.124 e. The van der Waals surface area contributed by atoms with E-state index in [1.807, 2.05) is 31.2 Å². The van der Waals surface area contributed by atoms with Crippen LogP contribution in [0.2, 0.25) is 44.3 Å². The van der Waals surface area contributed by atoms with Gasteiger partial charge in [0.25, 0.3) is 0 Å². The van der Waals surface area contributed by atoms with Crippen LogP contribution in [0, 0.1) is 5.41 Å². The molecule has 4 heterocycles. The van der Waals surface area contributed by atoms with E-state index in [-0.39, 0.29) is 5.41 Å². The highest BCUT2D eigenvalue weighted by Gasteiger charge is 2.76. The van der Waals surface area contributed by atoms with E-state index in [1.54, 1.807) is 44.5 Å². The smallest absolute Gasteiger partial charge is 0.0645 e. The predicted octanol–water partition coefficient (Wildman–Crippen LogP) is 16.5. The van der Waals surface area contributed by atoms with E-state index >= 15 is 0 Å². The van der Waals surface area contributed by atoms with Crippen molar-refractivity contribution < 1.29 is 0 Å². The Balaban J connectivity index is 1.78. The Morgan fingerprint density at radius 3 is 0.947 bits per heavy atom. The molecule has 0 nitrogen and oxygen atoms in total. The molecule has 57 heavy (non-hydrogen) atoms. The van der Waals surface area contributed by atoms with Gasteiger partial charge in [-0.2, -0.15) is 0 Å². The molecule has 2 aromatic rings. The van der Waals surface area contributed by atoms with E-state index in [0.717, 1.165) is 0 Å². The molecule has 6 aliphatic rings. The molecular weight excluding hydrogens is 749 g/mol. The van der Waals surface area contributed by atoms with Crippen molar-refractivity contribution in [1.29, 1.82) is 0 Å². The van der Waals surface area contributed by atoms with Gasteiger partial charge in [0.15, 0.2) is 0 Å². The van der Waals surface area contributed by atoms with Gasteiger partial charge in [-0.05, 0) is 122 Å². The molecule has 0 amide bonds. The number of rotatable bonds is 8. The molecule has 4 heteroatoms. The minimum absolute atomic E-state index is 0.0599. The summed E-state index contributed by atoms with van der Waals surface area (Å²) in [6.45, 7) is 53.4. The Bertz CT molecular complexity index is 2280. The van der Waals surface area contributed by atoms with E-state index in [9.17, 15) is 0 Å². The van der Waals surface area contributed by atoms with Crippen molar-refractivity contribution in [2.75, 3.05) is 0 Å². The topological polar surface area (TPSA) is 0 Å². The van der Waals surface area contributed by atoms with Crippen molar-refractivity contribution >= 4 is 54.6 Å². The second-order valence-electron chi connectivity index (χ2n) is 22.8. The summed E-state index contributed by atoms with van der Waals surface area (Å²) in [6, 6.07) is 19.5. The van der Waals surface area contributed by atoms with Gasteiger partial charge in [-0.25, -0.2) is 0 Å². The first-order valence-electron chi connectivity index (χ1n) is 23.2. The zero-order valence-electron chi connectivity index (χ0n) is 39.7. The quantitative estimate of drug-likeness (QED) is 0.233. The zero-order valence-corrected chi connectivity index (χ0v) is 43.7. The number of allylic oxidation sites excluding steroid dienone is 12. The Labute approximate surface area is 353 Å². The molecule has 2 aromatic carbocycles. The van der Waals surface area contributed by atoms with Crippen molar-refractivity contribution in [3.8, 4) is 0 Å². The predicted molar refractivity (Wildman–Crippen MR) is 264 cm³/mol. The largest absolute Gasteiger partial charge is 0.124 e. The molecule has 4 aliphatic heterocycles. The number of hydrogen-bond acceptors (Lipinski definition) is 0. The molecule has 0 fully saturated rings. The summed E-state index contributed by atoms with van der Waals surface area (Å²) in [6.07, 6.45) is 0. The summed E-state index contributed by atoms with van der Waals surface area (Å²) in [5.74, 6) is 0. The van der Waals surface area contributed by atoms with Gasteiger partial charge in [0.1, 0.15) is 32.3 Å². The molecule has 0 unspecified atom stereocenters. The van der Waals surface area contributed by atoms with E-state index in [0.29, 0.717) is 44.3 Å². The Morgan fingerprint density at radius 1 is 0.333 bits per heavy atom. The Hall–Kier alpha value is -2.25. The fourth-order valence-electron chi connectivity index (χ4n) is 16.0. The molecule has 0 saturated heterocycles. The number of fused-ring (bicyclic) bond motifs is 9. The maximum atomic E-state index is 2.72. The van der Waals surface area contributed by atoms with Crippen LogP contribution < -0.4 is 0 Å². The summed E-state index contributed by atoms with van der Waals surface area (Å²) in [5, 5.41) is 16.0. The standard InChI is InChI=1S/C53H76Si4/c1-29(2)54(30(3)4)45-37(17)38-25-21-22-26-39(38)42(45)47-49(54)51-52(56(47,33(9)10)34(11)12)50-48(57(51,35(13)14)36(15)16)43-40-27-23-24-28-41(40)44(53(18,19)20)46(43)55(50,31(5)6)32(7)8/h21-36H,1-20H3. The normalized spacial score (nSPS) is 22.4. The first-order valence-corrected chi connectivity index (χ1v) is 31.8. The zero-order chi connectivity index (χ0) is 42.0. The van der Waals surface area contributed by atoms with Gasteiger partial charge in [-0.3, -0.25) is 0 Å². The highest BCUT2D eigenvalue weighted by molar-refractivity contribution is 7.19. The van der Waals surface area contributed by atoms with Gasteiger partial charge in [-0.15, -0.1) is 0 Å². The molecule has 0 radical (unpaired) electrons. The minimum atomic E-state index is -2.48. The fraction of sp³-hybridized carbons (Fsp3) is 0.547. The second kappa shape index (κ2) is 12.9. The summed E-state index contributed by atoms with van der Waals surface area (Å²) in [4.78, 5) is 0. The summed E-state index contributed by atoms with van der Waals surface area (Å²) < 4.78 is 0. The molecule has 2 aliphatic carbocycles. The van der Waals surface area contributed by atoms with Crippen LogP contribution in [-0.2, 0) is 0 Å². The van der Waals surface area contributed by atoms with Gasteiger partial charge >= 0.3 is 0 Å². The SMILES string of the molecule is CC1=C2C(=C3C(=C4C(=C5C(=C6C(=C(C(C)(C)C)c7ccccc76)[Si]5(C(C)C)C(C)C)[Si]4(C(C)C)C(C)C)[Si]3(C(C)C)C(C)C)[Si]2(C(C)C)C(C)C)c2ccccc21. The van der Waals surface area contributed by atoms with Crippen LogP contribution >= 0.6 is 0 Å². The van der Waals surface area contributed by atoms with Crippen LogP contribution in [0.4, 0.5) is 0 Å². The molecule has 0 atom stereocenters. The lowest BCUT2D eigenvalue weighted by molar-refractivity contribution is 0.567. The molecule has 0 spiro atoms. The number of hydrogen-bond donors (Lipinski definition) is 0. The van der Waals surface area contributed by atoms with Crippen LogP contribution in [0.5, 0.6) is 0 Å². The second-order valence-corrected chi connectivity index (χ2v) is 43.0. The van der Waals surface area contributed by atoms with Crippen LogP contribution in [0.25, 0.3) is 22.3 Å². The highest BCUT2D eigenvalue weighted by Crippen LogP contribution is 2.79. The lowest BCUT2D eigenvalue weighted by Gasteiger charge is -2.46. The molecule has 0 aromatic heterocycles. The van der Waals surface area contributed by atoms with Crippen molar-refractivity contribution in [2.24, 2.45) is 5.41 Å². The van der Waals surface area contributed by atoms with Crippen molar-refractivity contribution in [3.05, 3.63) is 112 Å². The van der Waals surface area contributed by atoms with Gasteiger partial charge in [0.05, 0.1) is 0 Å². The molecule has 304 valence electrons. The first kappa shape index (κ1) is 41.5. The van der Waals surface area contributed by atoms with Crippen molar-refractivity contribution in [2.45, 2.75) is 183 Å². The lowest BCUT2D eigenvalue weighted by Crippen LogP contribution is -2.51. The van der Waals surface area contributed by atoms with Crippen molar-refractivity contribution in [3.63, 3.8) is 0 Å². The summed E-state index contributed by atoms with van der Waals surface area (Å²) in [5.41, 5.74) is 18.2. The van der Waals surface area contributed by atoms with Gasteiger partial charge < -0.3 is 0 Å². The van der Waals surface area contributed by atoms with Crippen LogP contribution in [0.3, 0.4) is 0 Å². The van der Waals surface area contributed by atoms with Crippen LogP contribution in [-0.4, -0.2) is 32.3 Å². The Morgan fingerprint density at radius 2 is 0.596 bits per heavy atom. The average Bonchev–Trinajstić information content (AvgIpc) is 3.88. The van der Waals surface area contributed by atoms with Gasteiger partial charge in [-0.1, -0.05) is 201 Å². The molecule has 0 saturated carbocycles. The van der Waals surface area contributed by atoms with Gasteiger partial charge in [0, 0.05) is 0 Å². The Kier molecular flexibility index (Phi) is 9.37. The lowest BCUT2D eigenvalue weighted by atomic mass is 9.83. The molecular formula is C53H76Si4. The van der Waals surface area contributed by atoms with Crippen molar-refractivity contribution in [1.82, 2.24) is 0 Å². The van der Waals surface area contributed by atoms with Crippen LogP contribution in [0.15, 0.2) is 90.1 Å². The maximum absolute atomic E-state index is 2.72. The van der Waals surface area contributed by atoms with Crippen LogP contribution in [0.1, 0.15) is 161 Å². The third kappa shape index (κ3) is 4.36. The minimum Gasteiger partial charge on any atom is -0.0645 e. The van der Waals surface area contributed by atoms with E-state index in [2.05, 4.69) is 197 Å². The third-order valence-electron chi connectivity index (χ3n) is 17.3. The average molecular weight is 826 g/mol. The third-order valence-corrected chi connectivity index (χ3v) is 43.9. The summed E-state index contributed by atoms with van der Waals surface area (Å²) >= 11 is 0. The molecule has 0 bridgehead atoms. The molecule has 8 rings (SSSR count).